The van der Waals surface area contributed by atoms with Crippen LogP contribution in [0.1, 0.15) is 11.9 Å². The Balaban J connectivity index is 2.76. The van der Waals surface area contributed by atoms with Crippen molar-refractivity contribution in [3.8, 4) is 0 Å². The van der Waals surface area contributed by atoms with E-state index in [1.165, 1.54) is 6.07 Å². The summed E-state index contributed by atoms with van der Waals surface area (Å²) in [4.78, 5) is 0. The number of fused-ring (bicyclic) bond motifs is 1. The van der Waals surface area contributed by atoms with Crippen LogP contribution < -0.4 is 0 Å². The lowest BCUT2D eigenvalue weighted by atomic mass is 10.1. The second-order valence-corrected chi connectivity index (χ2v) is 2.88. The molecule has 1 atom stereocenters. The lowest BCUT2D eigenvalue weighted by Gasteiger charge is -2.04. The van der Waals surface area contributed by atoms with E-state index in [9.17, 15) is 9.50 Å². The third-order valence-electron chi connectivity index (χ3n) is 2.07. The van der Waals surface area contributed by atoms with Crippen molar-refractivity contribution in [3.05, 3.63) is 48.0 Å². The van der Waals surface area contributed by atoms with Gasteiger partial charge in [-0.3, -0.25) is 0 Å². The third-order valence-corrected chi connectivity index (χ3v) is 2.07. The summed E-state index contributed by atoms with van der Waals surface area (Å²) in [5.74, 6) is 0. The van der Waals surface area contributed by atoms with Gasteiger partial charge >= 0.3 is 0 Å². The van der Waals surface area contributed by atoms with Crippen molar-refractivity contribution in [1.29, 1.82) is 0 Å². The van der Waals surface area contributed by atoms with E-state index in [4.69, 9.17) is 0 Å². The van der Waals surface area contributed by atoms with E-state index in [-0.39, 0.29) is 5.56 Å². The van der Waals surface area contributed by atoms with Gasteiger partial charge < -0.3 is 0 Å². The van der Waals surface area contributed by atoms with Crippen LogP contribution in [-0.2, 0) is 5.11 Å². The largest absolute Gasteiger partial charge is 0.257 e. The van der Waals surface area contributed by atoms with Crippen LogP contribution in [0.4, 0.5) is 4.39 Å². The van der Waals surface area contributed by atoms with E-state index < -0.39 is 6.36 Å². The fourth-order valence-electron chi connectivity index (χ4n) is 1.45. The lowest BCUT2D eigenvalue weighted by Crippen LogP contribution is -1.88. The van der Waals surface area contributed by atoms with Crippen LogP contribution in [0.15, 0.2) is 42.5 Å². The first kappa shape index (κ1) is 8.20. The van der Waals surface area contributed by atoms with Crippen LogP contribution in [0.2, 0.25) is 0 Å². The summed E-state index contributed by atoms with van der Waals surface area (Å²) in [6.45, 7) is 0. The maximum absolute atomic E-state index is 12.6. The summed E-state index contributed by atoms with van der Waals surface area (Å²) < 4.78 is 12.6. The fraction of sp³-hybridized carbons (Fsp3) is 0.0909. The van der Waals surface area contributed by atoms with Crippen molar-refractivity contribution >= 4 is 10.8 Å². The van der Waals surface area contributed by atoms with Gasteiger partial charge in [-0.05, 0) is 10.8 Å². The minimum Gasteiger partial charge on any atom is -0.207 e. The molecule has 65 valence electrons. The number of halogens is 1. The zero-order chi connectivity index (χ0) is 9.26. The summed E-state index contributed by atoms with van der Waals surface area (Å²) in [5, 5.41) is 12.3. The quantitative estimate of drug-likeness (QED) is 0.634. The number of benzene rings is 2. The highest BCUT2D eigenvalue weighted by Gasteiger charge is 2.09. The maximum Gasteiger partial charge on any atom is 0.257 e. The van der Waals surface area contributed by atoms with Gasteiger partial charge in [0.05, 0.1) is 0 Å². The molecule has 0 spiro atoms. The van der Waals surface area contributed by atoms with Crippen molar-refractivity contribution in [3.63, 3.8) is 0 Å². The number of rotatable bonds is 1. The van der Waals surface area contributed by atoms with E-state index >= 15 is 0 Å². The smallest absolute Gasteiger partial charge is 0.207 e. The summed E-state index contributed by atoms with van der Waals surface area (Å²) >= 11 is 0. The number of hydrogen-bond donors (Lipinski definition) is 0. The van der Waals surface area contributed by atoms with Crippen molar-refractivity contribution in [1.82, 2.24) is 0 Å². The molecule has 0 saturated carbocycles. The Hall–Kier alpha value is -1.41. The van der Waals surface area contributed by atoms with E-state index in [2.05, 4.69) is 0 Å². The normalized spacial score (nSPS) is 13.1. The Morgan fingerprint density at radius 1 is 1.00 bits per heavy atom. The van der Waals surface area contributed by atoms with E-state index in [0.29, 0.717) is 5.39 Å². The molecule has 2 rings (SSSR count). The highest BCUT2D eigenvalue weighted by atomic mass is 19.1. The zero-order valence-corrected chi connectivity index (χ0v) is 6.91. The summed E-state index contributed by atoms with van der Waals surface area (Å²) in [6.07, 6.45) is -2.15. The van der Waals surface area contributed by atoms with Crippen molar-refractivity contribution in [2.75, 3.05) is 0 Å². The van der Waals surface area contributed by atoms with Crippen molar-refractivity contribution < 1.29 is 9.50 Å². The van der Waals surface area contributed by atoms with Gasteiger partial charge in [0.15, 0.2) is 0 Å². The zero-order valence-electron chi connectivity index (χ0n) is 6.91. The molecule has 2 aromatic rings. The molecule has 0 aliphatic heterocycles. The predicted molar refractivity (Wildman–Crippen MR) is 48.5 cm³/mol. The molecule has 0 N–H and O–H groups in total. The Morgan fingerprint density at radius 3 is 2.46 bits per heavy atom. The highest BCUT2D eigenvalue weighted by molar-refractivity contribution is 5.85. The van der Waals surface area contributed by atoms with Gasteiger partial charge in [0, 0.05) is 5.56 Å². The molecule has 1 radical (unpaired) electrons. The molecular weight excluding hydrogens is 167 g/mol. The van der Waals surface area contributed by atoms with Gasteiger partial charge in [0.1, 0.15) is 0 Å². The van der Waals surface area contributed by atoms with Crippen LogP contribution in [0.5, 0.6) is 0 Å². The van der Waals surface area contributed by atoms with Crippen molar-refractivity contribution in [2.45, 2.75) is 6.36 Å². The average Bonchev–Trinajstić information content (AvgIpc) is 2.17. The number of hydrogen-bond acceptors (Lipinski definition) is 0. The predicted octanol–water partition coefficient (Wildman–Crippen LogP) is 3.24. The van der Waals surface area contributed by atoms with E-state index in [0.717, 1.165) is 5.39 Å². The Bertz CT molecular complexity index is 418. The highest BCUT2D eigenvalue weighted by Crippen LogP contribution is 2.24. The molecule has 0 bridgehead atoms. The van der Waals surface area contributed by atoms with Gasteiger partial charge in [0.25, 0.3) is 6.36 Å². The molecule has 0 aliphatic rings. The molecule has 13 heavy (non-hydrogen) atoms. The van der Waals surface area contributed by atoms with Gasteiger partial charge in [-0.1, -0.05) is 42.5 Å². The molecule has 0 amide bonds. The molecule has 0 heterocycles. The van der Waals surface area contributed by atoms with Crippen LogP contribution in [0.3, 0.4) is 0 Å². The van der Waals surface area contributed by atoms with Crippen LogP contribution in [0.25, 0.3) is 10.8 Å². The lowest BCUT2D eigenvalue weighted by molar-refractivity contribution is -0.0235. The molecular formula is C11H8FO. The Labute approximate surface area is 75.4 Å². The maximum atomic E-state index is 12.6. The van der Waals surface area contributed by atoms with Gasteiger partial charge in [-0.2, -0.15) is 5.11 Å². The van der Waals surface area contributed by atoms with Crippen LogP contribution in [0, 0.1) is 0 Å². The fourth-order valence-corrected chi connectivity index (χ4v) is 1.45. The molecule has 2 heteroatoms. The van der Waals surface area contributed by atoms with E-state index in [1.54, 1.807) is 18.2 Å². The Kier molecular flexibility index (Phi) is 1.99. The minimum absolute atomic E-state index is 0.220. The SMILES string of the molecule is [O]C(F)c1cccc2ccccc12. The second-order valence-electron chi connectivity index (χ2n) is 2.88. The van der Waals surface area contributed by atoms with Gasteiger partial charge in [-0.25, -0.2) is 4.39 Å². The third kappa shape index (κ3) is 1.40. The first-order valence-corrected chi connectivity index (χ1v) is 4.06. The molecule has 1 unspecified atom stereocenters. The molecule has 0 aromatic heterocycles. The number of alkyl halides is 1. The molecule has 2 aromatic carbocycles. The summed E-state index contributed by atoms with van der Waals surface area (Å²) in [6, 6.07) is 12.4. The minimum atomic E-state index is -2.15. The van der Waals surface area contributed by atoms with Gasteiger partial charge in [0.2, 0.25) is 0 Å². The topological polar surface area (TPSA) is 19.9 Å². The summed E-state index contributed by atoms with van der Waals surface area (Å²) in [5.41, 5.74) is 0.220. The first-order valence-electron chi connectivity index (χ1n) is 4.06. The van der Waals surface area contributed by atoms with Gasteiger partial charge in [-0.15, -0.1) is 0 Å². The molecule has 0 fully saturated rings. The second kappa shape index (κ2) is 3.15. The van der Waals surface area contributed by atoms with Crippen LogP contribution in [-0.4, -0.2) is 0 Å². The first-order chi connectivity index (χ1) is 6.29. The molecule has 0 saturated heterocycles. The standard InChI is InChI=1S/C11H8FO/c12-11(13)10-7-3-5-8-4-1-2-6-9(8)10/h1-7,11H. The monoisotopic (exact) mass is 175 g/mol. The molecule has 1 nitrogen and oxygen atoms in total. The Morgan fingerprint density at radius 2 is 1.69 bits per heavy atom. The summed E-state index contributed by atoms with van der Waals surface area (Å²) in [7, 11) is 0. The van der Waals surface area contributed by atoms with E-state index in [1.807, 2.05) is 18.2 Å². The molecule has 0 aliphatic carbocycles. The van der Waals surface area contributed by atoms with Crippen molar-refractivity contribution in [2.24, 2.45) is 0 Å². The van der Waals surface area contributed by atoms with Crippen LogP contribution >= 0.6 is 0 Å². The average molecular weight is 175 g/mol.